The van der Waals surface area contributed by atoms with Crippen LogP contribution in [0.1, 0.15) is 37.8 Å². The van der Waals surface area contributed by atoms with E-state index in [-0.39, 0.29) is 0 Å². The number of hydrogen-bond donors (Lipinski definition) is 0. The molecule has 1 aliphatic carbocycles. The third-order valence-corrected chi connectivity index (χ3v) is 4.45. The van der Waals surface area contributed by atoms with Crippen LogP contribution in [0.15, 0.2) is 47.6 Å². The lowest BCUT2D eigenvalue weighted by Crippen LogP contribution is -2.09. The van der Waals surface area contributed by atoms with Gasteiger partial charge >= 0.3 is 0 Å². The van der Waals surface area contributed by atoms with Crippen molar-refractivity contribution in [3.63, 3.8) is 0 Å². The first kappa shape index (κ1) is 13.4. The summed E-state index contributed by atoms with van der Waals surface area (Å²) in [6, 6.07) is 12.9. The fourth-order valence-electron chi connectivity index (χ4n) is 3.22. The highest BCUT2D eigenvalue weighted by Gasteiger charge is 2.11. The minimum atomic E-state index is 0.483. The van der Waals surface area contributed by atoms with E-state index in [1.54, 1.807) is 0 Å². The van der Waals surface area contributed by atoms with E-state index in [9.17, 15) is 0 Å². The van der Waals surface area contributed by atoms with Crippen molar-refractivity contribution in [3.8, 4) is 0 Å². The summed E-state index contributed by atoms with van der Waals surface area (Å²) in [5, 5.41) is 2.25. The molecule has 4 rings (SSSR count). The molecule has 3 aromatic rings. The van der Waals surface area contributed by atoms with Gasteiger partial charge in [-0.3, -0.25) is 9.98 Å². The average Bonchev–Trinajstić information content (AvgIpc) is 2.60. The van der Waals surface area contributed by atoms with E-state index < -0.39 is 0 Å². The summed E-state index contributed by atoms with van der Waals surface area (Å²) in [6.45, 7) is 0. The predicted octanol–water partition coefficient (Wildman–Crippen LogP) is 4.53. The Morgan fingerprint density at radius 3 is 2.55 bits per heavy atom. The highest BCUT2D eigenvalue weighted by Crippen LogP contribution is 2.22. The summed E-state index contributed by atoms with van der Waals surface area (Å²) in [6.07, 6.45) is 10.2. The zero-order valence-electron chi connectivity index (χ0n) is 12.6. The Bertz CT molecular complexity index is 832. The molecular formula is C19H19N3. The van der Waals surface area contributed by atoms with Crippen molar-refractivity contribution in [2.24, 2.45) is 4.99 Å². The molecule has 1 aromatic carbocycles. The third kappa shape index (κ3) is 2.59. The number of benzene rings is 1. The number of fused-ring (bicyclic) bond motifs is 3. The molecule has 1 aliphatic rings. The van der Waals surface area contributed by atoms with E-state index in [1.807, 2.05) is 24.5 Å². The second-order valence-electron chi connectivity index (χ2n) is 6.02. The van der Waals surface area contributed by atoms with Gasteiger partial charge in [-0.25, -0.2) is 4.98 Å². The van der Waals surface area contributed by atoms with Gasteiger partial charge in [-0.1, -0.05) is 43.5 Å². The van der Waals surface area contributed by atoms with Crippen molar-refractivity contribution in [1.82, 2.24) is 9.97 Å². The van der Waals surface area contributed by atoms with E-state index >= 15 is 0 Å². The van der Waals surface area contributed by atoms with E-state index in [4.69, 9.17) is 9.98 Å². The van der Waals surface area contributed by atoms with Crippen LogP contribution in [-0.2, 0) is 0 Å². The molecule has 22 heavy (non-hydrogen) atoms. The van der Waals surface area contributed by atoms with E-state index in [0.717, 1.165) is 27.5 Å². The van der Waals surface area contributed by atoms with Crippen molar-refractivity contribution in [3.05, 3.63) is 48.3 Å². The number of aromatic nitrogens is 2. The zero-order chi connectivity index (χ0) is 14.8. The molecule has 1 fully saturated rings. The Labute approximate surface area is 130 Å². The van der Waals surface area contributed by atoms with Crippen LogP contribution >= 0.6 is 0 Å². The number of pyridine rings is 2. The van der Waals surface area contributed by atoms with Crippen LogP contribution in [0.25, 0.3) is 21.8 Å². The standard InChI is InChI=1S/C19H19N3/c1-2-6-16(7-3-1)21-13-17-11-10-15-9-8-14-5-4-12-20-18(14)19(15)22-17/h4-5,8-13,16H,1-3,6-7H2. The van der Waals surface area contributed by atoms with Crippen LogP contribution in [0.4, 0.5) is 0 Å². The Kier molecular flexibility index (Phi) is 3.55. The van der Waals surface area contributed by atoms with Crippen molar-refractivity contribution >= 4 is 28.0 Å². The molecular weight excluding hydrogens is 270 g/mol. The Morgan fingerprint density at radius 2 is 1.68 bits per heavy atom. The van der Waals surface area contributed by atoms with Crippen LogP contribution in [0.5, 0.6) is 0 Å². The molecule has 3 heteroatoms. The fraction of sp³-hybridized carbons (Fsp3) is 0.316. The normalized spacial score (nSPS) is 16.7. The number of hydrogen-bond acceptors (Lipinski definition) is 3. The minimum Gasteiger partial charge on any atom is -0.288 e. The van der Waals surface area contributed by atoms with Gasteiger partial charge in [0.15, 0.2) is 0 Å². The first-order valence-electron chi connectivity index (χ1n) is 8.08. The molecule has 0 amide bonds. The lowest BCUT2D eigenvalue weighted by molar-refractivity contribution is 0.444. The summed E-state index contributed by atoms with van der Waals surface area (Å²) >= 11 is 0. The van der Waals surface area contributed by atoms with E-state index in [1.165, 1.54) is 32.1 Å². The number of aliphatic imine (C=N–C) groups is 1. The lowest BCUT2D eigenvalue weighted by Gasteiger charge is -2.16. The van der Waals surface area contributed by atoms with E-state index in [2.05, 4.69) is 29.2 Å². The van der Waals surface area contributed by atoms with Gasteiger partial charge in [-0.05, 0) is 25.0 Å². The second kappa shape index (κ2) is 5.84. The topological polar surface area (TPSA) is 38.1 Å². The van der Waals surface area contributed by atoms with Crippen molar-refractivity contribution in [1.29, 1.82) is 0 Å². The maximum Gasteiger partial charge on any atom is 0.0972 e. The smallest absolute Gasteiger partial charge is 0.0972 e. The molecule has 0 radical (unpaired) electrons. The Hall–Kier alpha value is -2.29. The van der Waals surface area contributed by atoms with Gasteiger partial charge in [-0.2, -0.15) is 0 Å². The maximum absolute atomic E-state index is 4.78. The van der Waals surface area contributed by atoms with Crippen LogP contribution in [0.2, 0.25) is 0 Å². The van der Waals surface area contributed by atoms with Crippen LogP contribution < -0.4 is 0 Å². The van der Waals surface area contributed by atoms with Gasteiger partial charge in [0.1, 0.15) is 0 Å². The highest BCUT2D eigenvalue weighted by molar-refractivity contribution is 6.03. The summed E-state index contributed by atoms with van der Waals surface area (Å²) in [7, 11) is 0. The Balaban J connectivity index is 1.72. The average molecular weight is 289 g/mol. The number of rotatable bonds is 2. The third-order valence-electron chi connectivity index (χ3n) is 4.45. The van der Waals surface area contributed by atoms with Crippen molar-refractivity contribution in [2.75, 3.05) is 0 Å². The fourth-order valence-corrected chi connectivity index (χ4v) is 3.22. The van der Waals surface area contributed by atoms with Gasteiger partial charge in [0.05, 0.1) is 22.8 Å². The molecule has 0 unspecified atom stereocenters. The largest absolute Gasteiger partial charge is 0.288 e. The van der Waals surface area contributed by atoms with Crippen LogP contribution in [-0.4, -0.2) is 22.2 Å². The van der Waals surface area contributed by atoms with Crippen LogP contribution in [0.3, 0.4) is 0 Å². The van der Waals surface area contributed by atoms with Gasteiger partial charge in [0, 0.05) is 23.2 Å². The summed E-state index contributed by atoms with van der Waals surface area (Å²) in [5.74, 6) is 0. The minimum absolute atomic E-state index is 0.483. The molecule has 1 saturated carbocycles. The van der Waals surface area contributed by atoms with Crippen molar-refractivity contribution < 1.29 is 0 Å². The first-order chi connectivity index (χ1) is 10.9. The predicted molar refractivity (Wildman–Crippen MR) is 91.5 cm³/mol. The molecule has 2 heterocycles. The molecule has 0 bridgehead atoms. The molecule has 0 N–H and O–H groups in total. The molecule has 0 saturated heterocycles. The Morgan fingerprint density at radius 1 is 0.909 bits per heavy atom. The van der Waals surface area contributed by atoms with Gasteiger partial charge < -0.3 is 0 Å². The summed E-state index contributed by atoms with van der Waals surface area (Å²) < 4.78 is 0. The molecule has 0 atom stereocenters. The molecule has 2 aromatic heterocycles. The molecule has 110 valence electrons. The summed E-state index contributed by atoms with van der Waals surface area (Å²) in [5.41, 5.74) is 2.86. The van der Waals surface area contributed by atoms with Gasteiger partial charge in [0.25, 0.3) is 0 Å². The SMILES string of the molecule is C(=NC1CCCCC1)c1ccc2ccc3cccnc3c2n1. The zero-order valence-corrected chi connectivity index (χ0v) is 12.6. The quantitative estimate of drug-likeness (QED) is 0.513. The van der Waals surface area contributed by atoms with Gasteiger partial charge in [-0.15, -0.1) is 0 Å². The number of nitrogens with zero attached hydrogens (tertiary/aromatic N) is 3. The maximum atomic E-state index is 4.78. The monoisotopic (exact) mass is 289 g/mol. The highest BCUT2D eigenvalue weighted by atomic mass is 14.8. The molecule has 0 spiro atoms. The first-order valence-corrected chi connectivity index (χ1v) is 8.08. The lowest BCUT2D eigenvalue weighted by atomic mass is 9.96. The van der Waals surface area contributed by atoms with Crippen LogP contribution in [0, 0.1) is 0 Å². The van der Waals surface area contributed by atoms with Crippen molar-refractivity contribution in [2.45, 2.75) is 38.1 Å². The van der Waals surface area contributed by atoms with E-state index in [0.29, 0.717) is 6.04 Å². The molecule has 3 nitrogen and oxygen atoms in total. The molecule has 0 aliphatic heterocycles. The second-order valence-corrected chi connectivity index (χ2v) is 6.02. The van der Waals surface area contributed by atoms with Gasteiger partial charge in [0.2, 0.25) is 0 Å². The summed E-state index contributed by atoms with van der Waals surface area (Å²) in [4.78, 5) is 14.0.